The summed E-state index contributed by atoms with van der Waals surface area (Å²) in [6.45, 7) is -0.109. The fraction of sp³-hybridized carbons (Fsp3) is 0.462. The lowest BCUT2D eigenvalue weighted by atomic mass is 10.1. The Labute approximate surface area is 120 Å². The largest absolute Gasteiger partial charge is 0.497 e. The molecule has 4 N–H and O–H groups in total. The molecule has 0 heterocycles. The SMILES string of the molecule is COc1cccc(CCNCC(/C(N)=N/O)C(F)(F)F)c1. The van der Waals surface area contributed by atoms with Crippen LogP contribution in [0, 0.1) is 5.92 Å². The summed E-state index contributed by atoms with van der Waals surface area (Å²) < 4.78 is 43.1. The molecule has 0 spiro atoms. The van der Waals surface area contributed by atoms with Gasteiger partial charge in [-0.25, -0.2) is 0 Å². The summed E-state index contributed by atoms with van der Waals surface area (Å²) in [4.78, 5) is 0. The van der Waals surface area contributed by atoms with E-state index in [1.165, 1.54) is 0 Å². The van der Waals surface area contributed by atoms with Crippen molar-refractivity contribution < 1.29 is 23.1 Å². The van der Waals surface area contributed by atoms with E-state index in [1.54, 1.807) is 13.2 Å². The van der Waals surface area contributed by atoms with E-state index in [4.69, 9.17) is 15.7 Å². The maximum absolute atomic E-state index is 12.7. The van der Waals surface area contributed by atoms with Gasteiger partial charge in [0.1, 0.15) is 11.7 Å². The summed E-state index contributed by atoms with van der Waals surface area (Å²) >= 11 is 0. The van der Waals surface area contributed by atoms with Crippen LogP contribution in [0.4, 0.5) is 13.2 Å². The van der Waals surface area contributed by atoms with Crippen LogP contribution in [0.2, 0.25) is 0 Å². The van der Waals surface area contributed by atoms with Crippen LogP contribution >= 0.6 is 0 Å². The molecule has 0 saturated heterocycles. The summed E-state index contributed by atoms with van der Waals surface area (Å²) in [7, 11) is 1.54. The molecule has 1 rings (SSSR count). The number of hydrogen-bond acceptors (Lipinski definition) is 4. The normalized spacial score (nSPS) is 14.0. The van der Waals surface area contributed by atoms with Crippen LogP contribution in [0.1, 0.15) is 5.56 Å². The number of hydrogen-bond donors (Lipinski definition) is 3. The fourth-order valence-electron chi connectivity index (χ4n) is 1.76. The standard InChI is InChI=1S/C13H18F3N3O2/c1-21-10-4-2-3-9(7-10)5-6-18-8-11(12(17)19-20)13(14,15)16/h2-4,7,11,18,20H,5-6,8H2,1H3,(H2,17,19). The Kier molecular flexibility index (Phi) is 6.29. The van der Waals surface area contributed by atoms with E-state index in [2.05, 4.69) is 10.5 Å². The highest BCUT2D eigenvalue weighted by atomic mass is 19.4. The summed E-state index contributed by atoms with van der Waals surface area (Å²) in [5, 5.41) is 13.5. The number of benzene rings is 1. The van der Waals surface area contributed by atoms with E-state index in [1.807, 2.05) is 18.2 Å². The molecule has 0 aliphatic heterocycles. The number of ether oxygens (including phenoxy) is 1. The molecule has 1 aromatic carbocycles. The Morgan fingerprint density at radius 2 is 2.19 bits per heavy atom. The van der Waals surface area contributed by atoms with Gasteiger partial charge >= 0.3 is 6.18 Å². The second-order valence-electron chi connectivity index (χ2n) is 4.42. The molecule has 5 nitrogen and oxygen atoms in total. The first-order chi connectivity index (χ1) is 9.88. The molecule has 0 radical (unpaired) electrons. The Hall–Kier alpha value is -1.96. The van der Waals surface area contributed by atoms with Gasteiger partial charge in [-0.2, -0.15) is 13.2 Å². The molecule has 21 heavy (non-hydrogen) atoms. The zero-order valence-corrected chi connectivity index (χ0v) is 11.5. The zero-order chi connectivity index (χ0) is 15.9. The van der Waals surface area contributed by atoms with Gasteiger partial charge in [-0.3, -0.25) is 0 Å². The number of halogens is 3. The Bertz CT molecular complexity index is 478. The number of amidine groups is 1. The van der Waals surface area contributed by atoms with Crippen molar-refractivity contribution in [3.63, 3.8) is 0 Å². The van der Waals surface area contributed by atoms with Crippen LogP contribution in [-0.2, 0) is 6.42 Å². The molecule has 0 fully saturated rings. The molecule has 1 atom stereocenters. The number of methoxy groups -OCH3 is 1. The van der Waals surface area contributed by atoms with Crippen molar-refractivity contribution >= 4 is 5.84 Å². The highest BCUT2D eigenvalue weighted by molar-refractivity contribution is 5.83. The first-order valence-corrected chi connectivity index (χ1v) is 6.26. The molecule has 1 unspecified atom stereocenters. The van der Waals surface area contributed by atoms with Gasteiger partial charge in [-0.1, -0.05) is 17.3 Å². The molecular formula is C13H18F3N3O2. The van der Waals surface area contributed by atoms with Gasteiger partial charge in [0.2, 0.25) is 0 Å². The van der Waals surface area contributed by atoms with Gasteiger partial charge in [0.25, 0.3) is 0 Å². The maximum atomic E-state index is 12.7. The summed E-state index contributed by atoms with van der Waals surface area (Å²) in [5.74, 6) is -2.17. The van der Waals surface area contributed by atoms with E-state index in [0.29, 0.717) is 18.7 Å². The maximum Gasteiger partial charge on any atom is 0.400 e. The van der Waals surface area contributed by atoms with Gasteiger partial charge in [-0.15, -0.1) is 0 Å². The fourth-order valence-corrected chi connectivity index (χ4v) is 1.76. The smallest absolute Gasteiger partial charge is 0.400 e. The Morgan fingerprint density at radius 1 is 1.48 bits per heavy atom. The van der Waals surface area contributed by atoms with Crippen molar-refractivity contribution in [3.8, 4) is 5.75 Å². The van der Waals surface area contributed by atoms with Crippen molar-refractivity contribution in [3.05, 3.63) is 29.8 Å². The number of oxime groups is 1. The van der Waals surface area contributed by atoms with Crippen molar-refractivity contribution in [2.24, 2.45) is 16.8 Å². The molecule has 0 amide bonds. The first-order valence-electron chi connectivity index (χ1n) is 6.26. The van der Waals surface area contributed by atoms with Crippen LogP contribution in [-0.4, -0.2) is 37.4 Å². The molecule has 0 aromatic heterocycles. The molecule has 1 aromatic rings. The monoisotopic (exact) mass is 305 g/mol. The lowest BCUT2D eigenvalue weighted by molar-refractivity contribution is -0.154. The molecule has 0 aliphatic rings. The van der Waals surface area contributed by atoms with Gasteiger partial charge < -0.3 is 21.0 Å². The summed E-state index contributed by atoms with van der Waals surface area (Å²) in [6.07, 6.45) is -4.02. The second kappa shape index (κ2) is 7.72. The average molecular weight is 305 g/mol. The second-order valence-corrected chi connectivity index (χ2v) is 4.42. The molecule has 8 heteroatoms. The third-order valence-electron chi connectivity index (χ3n) is 2.94. The highest BCUT2D eigenvalue weighted by Gasteiger charge is 2.42. The number of alkyl halides is 3. The average Bonchev–Trinajstić information content (AvgIpc) is 2.45. The predicted molar refractivity (Wildman–Crippen MR) is 72.5 cm³/mol. The van der Waals surface area contributed by atoms with Crippen LogP contribution < -0.4 is 15.8 Å². The quantitative estimate of drug-likeness (QED) is 0.236. The Morgan fingerprint density at radius 3 is 2.76 bits per heavy atom. The predicted octanol–water partition coefficient (Wildman–Crippen LogP) is 1.75. The van der Waals surface area contributed by atoms with E-state index < -0.39 is 24.5 Å². The highest BCUT2D eigenvalue weighted by Crippen LogP contribution is 2.25. The van der Waals surface area contributed by atoms with Crippen LogP contribution in [0.3, 0.4) is 0 Å². The minimum absolute atomic E-state index is 0.332. The number of nitrogens with one attached hydrogen (secondary N) is 1. The van der Waals surface area contributed by atoms with Crippen LogP contribution in [0.25, 0.3) is 0 Å². The van der Waals surface area contributed by atoms with Gasteiger partial charge in [0.05, 0.1) is 7.11 Å². The summed E-state index contributed by atoms with van der Waals surface area (Å²) in [6, 6.07) is 7.26. The van der Waals surface area contributed by atoms with Crippen LogP contribution in [0.5, 0.6) is 5.75 Å². The van der Waals surface area contributed by atoms with Gasteiger partial charge in [0, 0.05) is 6.54 Å². The lowest BCUT2D eigenvalue weighted by Crippen LogP contribution is -2.43. The third-order valence-corrected chi connectivity index (χ3v) is 2.94. The zero-order valence-electron chi connectivity index (χ0n) is 11.5. The lowest BCUT2D eigenvalue weighted by Gasteiger charge is -2.19. The molecular weight excluding hydrogens is 287 g/mol. The number of nitrogens with zero attached hydrogens (tertiary/aromatic N) is 1. The summed E-state index contributed by atoms with van der Waals surface area (Å²) in [5.41, 5.74) is 6.00. The molecule has 0 bridgehead atoms. The topological polar surface area (TPSA) is 79.9 Å². The first kappa shape index (κ1) is 17.1. The van der Waals surface area contributed by atoms with E-state index in [9.17, 15) is 13.2 Å². The molecule has 118 valence electrons. The van der Waals surface area contributed by atoms with E-state index >= 15 is 0 Å². The minimum atomic E-state index is -4.56. The van der Waals surface area contributed by atoms with E-state index in [0.717, 1.165) is 5.56 Å². The van der Waals surface area contributed by atoms with Gasteiger partial charge in [0.15, 0.2) is 5.84 Å². The van der Waals surface area contributed by atoms with Gasteiger partial charge in [-0.05, 0) is 30.7 Å². The van der Waals surface area contributed by atoms with Crippen LogP contribution in [0.15, 0.2) is 29.4 Å². The molecule has 0 saturated carbocycles. The molecule has 0 aliphatic carbocycles. The van der Waals surface area contributed by atoms with Crippen molar-refractivity contribution in [1.29, 1.82) is 0 Å². The number of rotatable bonds is 7. The van der Waals surface area contributed by atoms with E-state index in [-0.39, 0.29) is 0 Å². The third kappa shape index (κ3) is 5.50. The Balaban J connectivity index is 2.48. The minimum Gasteiger partial charge on any atom is -0.497 e. The van der Waals surface area contributed by atoms with Crippen molar-refractivity contribution in [2.45, 2.75) is 12.6 Å². The number of nitrogens with two attached hydrogens (primary N) is 1. The van der Waals surface area contributed by atoms with Crippen molar-refractivity contribution in [1.82, 2.24) is 5.32 Å². The van der Waals surface area contributed by atoms with Crippen molar-refractivity contribution in [2.75, 3.05) is 20.2 Å².